The van der Waals surface area contributed by atoms with Crippen molar-refractivity contribution in [3.05, 3.63) is 70.2 Å². The zero-order valence-electron chi connectivity index (χ0n) is 17.4. The Labute approximate surface area is 204 Å². The molecular formula is C23H17Cl2N3O4S. The van der Waals surface area contributed by atoms with Gasteiger partial charge in [-0.25, -0.2) is 4.98 Å². The standard InChI is InChI=1S/C23H17Cl2N3O4S/c1-30-15-6-7-16(19(11-15)31-2)21(29)28-23(33)26-14-5-3-4-12(8-14)22-27-18-10-13(24)9-17(25)20(18)32-22/h3-11H,1-2H3,(H2,26,28,29,33). The van der Waals surface area contributed by atoms with Crippen molar-refractivity contribution in [2.45, 2.75) is 0 Å². The highest BCUT2D eigenvalue weighted by Crippen LogP contribution is 2.32. The van der Waals surface area contributed by atoms with E-state index in [1.807, 2.05) is 6.07 Å². The van der Waals surface area contributed by atoms with E-state index in [4.69, 9.17) is 49.3 Å². The average molecular weight is 502 g/mol. The number of thiocarbonyl (C=S) groups is 1. The Morgan fingerprint density at radius 2 is 1.88 bits per heavy atom. The van der Waals surface area contributed by atoms with Gasteiger partial charge in [-0.1, -0.05) is 29.3 Å². The Kier molecular flexibility index (Phi) is 6.69. The van der Waals surface area contributed by atoms with Crippen LogP contribution in [0.25, 0.3) is 22.6 Å². The first-order chi connectivity index (χ1) is 15.9. The molecule has 0 saturated heterocycles. The molecule has 1 amide bonds. The van der Waals surface area contributed by atoms with E-state index in [1.165, 1.54) is 14.2 Å². The average Bonchev–Trinajstić information content (AvgIpc) is 3.23. The highest BCUT2D eigenvalue weighted by atomic mass is 35.5. The molecule has 0 bridgehead atoms. The summed E-state index contributed by atoms with van der Waals surface area (Å²) >= 11 is 17.5. The Morgan fingerprint density at radius 1 is 1.06 bits per heavy atom. The number of methoxy groups -OCH3 is 2. The van der Waals surface area contributed by atoms with E-state index < -0.39 is 5.91 Å². The number of carbonyl (C=O) groups excluding carboxylic acids is 1. The molecule has 33 heavy (non-hydrogen) atoms. The molecule has 0 aliphatic carbocycles. The number of aromatic nitrogens is 1. The number of anilines is 1. The lowest BCUT2D eigenvalue weighted by molar-refractivity contribution is 0.0974. The molecule has 2 N–H and O–H groups in total. The number of carbonyl (C=O) groups is 1. The van der Waals surface area contributed by atoms with Crippen molar-refractivity contribution in [1.82, 2.24) is 10.3 Å². The smallest absolute Gasteiger partial charge is 0.261 e. The molecule has 0 aliphatic heterocycles. The van der Waals surface area contributed by atoms with Crippen LogP contribution in [0.2, 0.25) is 10.0 Å². The molecular weight excluding hydrogens is 485 g/mol. The summed E-state index contributed by atoms with van der Waals surface area (Å²) in [6, 6.07) is 15.4. The second kappa shape index (κ2) is 9.66. The van der Waals surface area contributed by atoms with Gasteiger partial charge in [0.1, 0.15) is 17.0 Å². The highest BCUT2D eigenvalue weighted by Gasteiger charge is 2.16. The number of halogens is 2. The van der Waals surface area contributed by atoms with Crippen molar-refractivity contribution in [3.63, 3.8) is 0 Å². The van der Waals surface area contributed by atoms with E-state index in [9.17, 15) is 4.79 Å². The topological polar surface area (TPSA) is 85.6 Å². The molecule has 10 heteroatoms. The van der Waals surface area contributed by atoms with Crippen molar-refractivity contribution in [2.75, 3.05) is 19.5 Å². The van der Waals surface area contributed by atoms with Crippen molar-refractivity contribution in [1.29, 1.82) is 0 Å². The summed E-state index contributed by atoms with van der Waals surface area (Å²) in [5, 5.41) is 6.59. The number of nitrogens with zero attached hydrogens (tertiary/aromatic N) is 1. The fourth-order valence-corrected chi connectivity index (χ4v) is 3.86. The first-order valence-electron chi connectivity index (χ1n) is 9.58. The molecule has 4 rings (SSSR count). The second-order valence-electron chi connectivity index (χ2n) is 6.81. The van der Waals surface area contributed by atoms with E-state index in [0.29, 0.717) is 55.3 Å². The van der Waals surface area contributed by atoms with Crippen LogP contribution in [0.15, 0.2) is 59.0 Å². The summed E-state index contributed by atoms with van der Waals surface area (Å²) in [5.74, 6) is 0.888. The van der Waals surface area contributed by atoms with Gasteiger partial charge < -0.3 is 19.2 Å². The number of benzene rings is 3. The lowest BCUT2D eigenvalue weighted by atomic mass is 10.1. The molecule has 0 atom stereocenters. The Bertz CT molecular complexity index is 1370. The van der Waals surface area contributed by atoms with Crippen molar-refractivity contribution in [2.24, 2.45) is 0 Å². The van der Waals surface area contributed by atoms with Crippen LogP contribution in [0, 0.1) is 0 Å². The zero-order chi connectivity index (χ0) is 23.5. The number of ether oxygens (including phenoxy) is 2. The van der Waals surface area contributed by atoms with Crippen LogP contribution in [0.5, 0.6) is 11.5 Å². The quantitative estimate of drug-likeness (QED) is 0.327. The number of amides is 1. The summed E-state index contributed by atoms with van der Waals surface area (Å²) in [6.45, 7) is 0. The predicted molar refractivity (Wildman–Crippen MR) is 133 cm³/mol. The van der Waals surface area contributed by atoms with Gasteiger partial charge in [0.2, 0.25) is 5.89 Å². The van der Waals surface area contributed by atoms with E-state index >= 15 is 0 Å². The van der Waals surface area contributed by atoms with Crippen LogP contribution in [0.4, 0.5) is 5.69 Å². The van der Waals surface area contributed by atoms with E-state index in [2.05, 4.69) is 15.6 Å². The molecule has 0 unspecified atom stereocenters. The summed E-state index contributed by atoms with van der Waals surface area (Å²) in [4.78, 5) is 17.1. The van der Waals surface area contributed by atoms with Gasteiger partial charge in [-0.2, -0.15) is 0 Å². The number of hydrogen-bond donors (Lipinski definition) is 2. The first-order valence-corrected chi connectivity index (χ1v) is 10.7. The maximum atomic E-state index is 12.7. The normalized spacial score (nSPS) is 10.7. The van der Waals surface area contributed by atoms with Gasteiger partial charge in [0.05, 0.1) is 24.8 Å². The van der Waals surface area contributed by atoms with Gasteiger partial charge in [0, 0.05) is 22.3 Å². The summed E-state index contributed by atoms with van der Waals surface area (Å²) < 4.78 is 16.2. The number of rotatable bonds is 5. The number of hydrogen-bond acceptors (Lipinski definition) is 6. The van der Waals surface area contributed by atoms with Gasteiger partial charge in [-0.3, -0.25) is 10.1 Å². The fraction of sp³-hybridized carbons (Fsp3) is 0.0870. The lowest BCUT2D eigenvalue weighted by Crippen LogP contribution is -2.34. The minimum Gasteiger partial charge on any atom is -0.497 e. The molecule has 168 valence electrons. The molecule has 1 aromatic heterocycles. The van der Waals surface area contributed by atoms with E-state index in [-0.39, 0.29) is 5.11 Å². The highest BCUT2D eigenvalue weighted by molar-refractivity contribution is 7.80. The number of fused-ring (bicyclic) bond motifs is 1. The maximum Gasteiger partial charge on any atom is 0.261 e. The van der Waals surface area contributed by atoms with Gasteiger partial charge in [-0.15, -0.1) is 0 Å². The second-order valence-corrected chi connectivity index (χ2v) is 8.06. The molecule has 0 saturated carbocycles. The van der Waals surface area contributed by atoms with Crippen molar-refractivity contribution >= 4 is 63.2 Å². The van der Waals surface area contributed by atoms with Crippen LogP contribution in [-0.4, -0.2) is 30.2 Å². The number of oxazole rings is 1. The van der Waals surface area contributed by atoms with Crippen LogP contribution >= 0.6 is 35.4 Å². The third kappa shape index (κ3) is 5.03. The van der Waals surface area contributed by atoms with Crippen LogP contribution < -0.4 is 20.1 Å². The van der Waals surface area contributed by atoms with Crippen LogP contribution in [0.3, 0.4) is 0 Å². The predicted octanol–water partition coefficient (Wildman–Crippen LogP) is 5.95. The fourth-order valence-electron chi connectivity index (χ4n) is 3.13. The van der Waals surface area contributed by atoms with Crippen molar-refractivity contribution < 1.29 is 18.7 Å². The summed E-state index contributed by atoms with van der Waals surface area (Å²) in [6.07, 6.45) is 0. The minimum absolute atomic E-state index is 0.113. The number of nitrogens with one attached hydrogen (secondary N) is 2. The lowest BCUT2D eigenvalue weighted by Gasteiger charge is -2.13. The van der Waals surface area contributed by atoms with Gasteiger partial charge in [-0.05, 0) is 54.7 Å². The molecule has 0 aliphatic rings. The largest absolute Gasteiger partial charge is 0.497 e. The summed E-state index contributed by atoms with van der Waals surface area (Å²) in [5.41, 5.74) is 2.64. The van der Waals surface area contributed by atoms with E-state index in [1.54, 1.807) is 48.5 Å². The third-order valence-corrected chi connectivity index (χ3v) is 5.36. The Hall–Kier alpha value is -3.33. The van der Waals surface area contributed by atoms with Crippen LogP contribution in [-0.2, 0) is 0 Å². The molecule has 4 aromatic rings. The zero-order valence-corrected chi connectivity index (χ0v) is 19.8. The Balaban J connectivity index is 1.50. The molecule has 0 radical (unpaired) electrons. The first kappa shape index (κ1) is 22.8. The third-order valence-electron chi connectivity index (χ3n) is 4.66. The SMILES string of the molecule is COc1ccc(C(=O)NC(=S)Nc2cccc(-c3nc4cc(Cl)cc(Cl)c4o3)c2)c(OC)c1. The maximum absolute atomic E-state index is 12.7. The summed E-state index contributed by atoms with van der Waals surface area (Å²) in [7, 11) is 3.01. The van der Waals surface area contributed by atoms with Crippen LogP contribution in [0.1, 0.15) is 10.4 Å². The van der Waals surface area contributed by atoms with Gasteiger partial charge >= 0.3 is 0 Å². The molecule has 7 nitrogen and oxygen atoms in total. The Morgan fingerprint density at radius 3 is 2.64 bits per heavy atom. The van der Waals surface area contributed by atoms with Crippen molar-refractivity contribution in [3.8, 4) is 23.0 Å². The molecule has 1 heterocycles. The van der Waals surface area contributed by atoms with Gasteiger partial charge in [0.25, 0.3) is 5.91 Å². The van der Waals surface area contributed by atoms with E-state index in [0.717, 1.165) is 0 Å². The van der Waals surface area contributed by atoms with Gasteiger partial charge in [0.15, 0.2) is 10.7 Å². The molecule has 0 fully saturated rings. The molecule has 0 spiro atoms. The minimum atomic E-state index is -0.423. The monoisotopic (exact) mass is 501 g/mol. The molecule has 3 aromatic carbocycles.